The van der Waals surface area contributed by atoms with Gasteiger partial charge in [-0.15, -0.1) is 0 Å². The number of aryl methyl sites for hydroxylation is 1. The Morgan fingerprint density at radius 3 is 3.00 bits per heavy atom. The van der Waals surface area contributed by atoms with Gasteiger partial charge in [0.1, 0.15) is 0 Å². The van der Waals surface area contributed by atoms with Crippen LogP contribution in [0.25, 0.3) is 0 Å². The number of carbonyl (C=O) groups excluding carboxylic acids is 1. The first-order valence-electron chi connectivity index (χ1n) is 4.95. The van der Waals surface area contributed by atoms with Crippen molar-refractivity contribution in [3.63, 3.8) is 0 Å². The maximum Gasteiger partial charge on any atom is 0.316 e. The first kappa shape index (κ1) is 12.8. The summed E-state index contributed by atoms with van der Waals surface area (Å²) in [5.74, 6) is -0.191. The number of carbonyl (C=O) groups is 1. The van der Waals surface area contributed by atoms with Gasteiger partial charge in [-0.05, 0) is 6.42 Å². The molecule has 0 aromatic carbocycles. The van der Waals surface area contributed by atoms with Gasteiger partial charge in [-0.2, -0.15) is 0 Å². The maximum atomic E-state index is 11.3. The van der Waals surface area contributed by atoms with Crippen LogP contribution < -0.4 is 5.56 Å². The van der Waals surface area contributed by atoms with E-state index >= 15 is 0 Å². The zero-order valence-corrected chi connectivity index (χ0v) is 10.1. The molecule has 0 bridgehead atoms. The van der Waals surface area contributed by atoms with E-state index in [0.717, 1.165) is 18.5 Å². The maximum absolute atomic E-state index is 11.3. The number of methoxy groups -OCH3 is 1. The first-order valence-corrected chi connectivity index (χ1v) is 5.94. The SMILES string of the molecule is CCCc1cc(=O)[nH]c(SCC(=O)OC)n1. The van der Waals surface area contributed by atoms with Crippen molar-refractivity contribution in [3.05, 3.63) is 22.1 Å². The molecule has 0 aliphatic heterocycles. The summed E-state index contributed by atoms with van der Waals surface area (Å²) in [6, 6.07) is 1.48. The van der Waals surface area contributed by atoms with Gasteiger partial charge in [0.05, 0.1) is 12.9 Å². The molecule has 0 amide bonds. The third-order valence-electron chi connectivity index (χ3n) is 1.83. The average molecular weight is 242 g/mol. The molecular weight excluding hydrogens is 228 g/mol. The molecule has 1 aromatic rings. The molecule has 0 atom stereocenters. The quantitative estimate of drug-likeness (QED) is 0.473. The second-order valence-electron chi connectivity index (χ2n) is 3.16. The van der Waals surface area contributed by atoms with Gasteiger partial charge in [0, 0.05) is 11.8 Å². The molecule has 1 aromatic heterocycles. The van der Waals surface area contributed by atoms with Gasteiger partial charge in [0.15, 0.2) is 5.16 Å². The number of aromatic nitrogens is 2. The molecule has 1 rings (SSSR count). The van der Waals surface area contributed by atoms with Crippen LogP contribution in [-0.4, -0.2) is 28.8 Å². The van der Waals surface area contributed by atoms with Crippen LogP contribution in [0.5, 0.6) is 0 Å². The number of hydrogen-bond donors (Lipinski definition) is 1. The summed E-state index contributed by atoms with van der Waals surface area (Å²) >= 11 is 1.17. The number of aromatic amines is 1. The van der Waals surface area contributed by atoms with Gasteiger partial charge in [-0.25, -0.2) is 4.98 Å². The van der Waals surface area contributed by atoms with Crippen LogP contribution in [0.1, 0.15) is 19.0 Å². The van der Waals surface area contributed by atoms with E-state index < -0.39 is 0 Å². The minimum absolute atomic E-state index is 0.148. The third kappa shape index (κ3) is 4.06. The minimum atomic E-state index is -0.339. The Hall–Kier alpha value is -1.30. The van der Waals surface area contributed by atoms with Crippen molar-refractivity contribution in [2.45, 2.75) is 24.9 Å². The molecule has 1 heterocycles. The number of rotatable bonds is 5. The molecule has 0 saturated heterocycles. The Morgan fingerprint density at radius 1 is 1.62 bits per heavy atom. The summed E-state index contributed by atoms with van der Waals surface area (Å²) in [4.78, 5) is 29.0. The van der Waals surface area contributed by atoms with Crippen molar-refractivity contribution in [2.24, 2.45) is 0 Å². The van der Waals surface area contributed by atoms with E-state index in [1.165, 1.54) is 24.9 Å². The summed E-state index contributed by atoms with van der Waals surface area (Å²) in [6.07, 6.45) is 1.69. The number of thioether (sulfide) groups is 1. The van der Waals surface area contributed by atoms with E-state index in [0.29, 0.717) is 5.16 Å². The monoisotopic (exact) mass is 242 g/mol. The van der Waals surface area contributed by atoms with Crippen molar-refractivity contribution in [1.82, 2.24) is 9.97 Å². The molecule has 0 aliphatic rings. The van der Waals surface area contributed by atoms with E-state index in [4.69, 9.17) is 0 Å². The Labute approximate surface area is 97.6 Å². The zero-order chi connectivity index (χ0) is 12.0. The fourth-order valence-electron chi connectivity index (χ4n) is 1.12. The number of nitrogens with one attached hydrogen (secondary N) is 1. The van der Waals surface area contributed by atoms with Gasteiger partial charge in [0.25, 0.3) is 5.56 Å². The van der Waals surface area contributed by atoms with E-state index in [1.54, 1.807) is 0 Å². The lowest BCUT2D eigenvalue weighted by Gasteiger charge is -2.02. The number of esters is 1. The molecular formula is C10H14N2O3S. The highest BCUT2D eigenvalue weighted by atomic mass is 32.2. The van der Waals surface area contributed by atoms with E-state index in [-0.39, 0.29) is 17.3 Å². The highest BCUT2D eigenvalue weighted by molar-refractivity contribution is 7.99. The lowest BCUT2D eigenvalue weighted by molar-refractivity contribution is -0.137. The van der Waals surface area contributed by atoms with Crippen LogP contribution in [0, 0.1) is 0 Å². The highest BCUT2D eigenvalue weighted by Crippen LogP contribution is 2.11. The number of hydrogen-bond acceptors (Lipinski definition) is 5. The fraction of sp³-hybridized carbons (Fsp3) is 0.500. The van der Waals surface area contributed by atoms with Crippen LogP contribution in [0.2, 0.25) is 0 Å². The van der Waals surface area contributed by atoms with Crippen LogP contribution in [-0.2, 0) is 16.0 Å². The molecule has 16 heavy (non-hydrogen) atoms. The standard InChI is InChI=1S/C10H14N2O3S/c1-3-4-7-5-8(13)12-10(11-7)16-6-9(14)15-2/h5H,3-4,6H2,1-2H3,(H,11,12,13). The first-order chi connectivity index (χ1) is 7.65. The Balaban J connectivity index is 2.72. The normalized spacial score (nSPS) is 10.1. The highest BCUT2D eigenvalue weighted by Gasteiger charge is 2.05. The lowest BCUT2D eigenvalue weighted by atomic mass is 10.2. The molecule has 5 nitrogen and oxygen atoms in total. The molecule has 0 unspecified atom stereocenters. The van der Waals surface area contributed by atoms with Gasteiger partial charge in [-0.1, -0.05) is 25.1 Å². The topological polar surface area (TPSA) is 72.0 Å². The Morgan fingerprint density at radius 2 is 2.38 bits per heavy atom. The predicted molar refractivity (Wildman–Crippen MR) is 61.6 cm³/mol. The molecule has 0 fully saturated rings. The molecule has 6 heteroatoms. The zero-order valence-electron chi connectivity index (χ0n) is 9.28. The molecule has 0 spiro atoms. The van der Waals surface area contributed by atoms with E-state index in [1.807, 2.05) is 6.92 Å². The largest absolute Gasteiger partial charge is 0.468 e. The van der Waals surface area contributed by atoms with Gasteiger partial charge < -0.3 is 9.72 Å². The third-order valence-corrected chi connectivity index (χ3v) is 2.68. The number of ether oxygens (including phenoxy) is 1. The van der Waals surface area contributed by atoms with E-state index in [2.05, 4.69) is 14.7 Å². The van der Waals surface area contributed by atoms with Crippen molar-refractivity contribution in [3.8, 4) is 0 Å². The van der Waals surface area contributed by atoms with Gasteiger partial charge in [0.2, 0.25) is 0 Å². The summed E-state index contributed by atoms with van der Waals surface area (Å²) in [7, 11) is 1.33. The summed E-state index contributed by atoms with van der Waals surface area (Å²) < 4.78 is 4.50. The summed E-state index contributed by atoms with van der Waals surface area (Å²) in [5.41, 5.74) is 0.560. The molecule has 88 valence electrons. The number of nitrogens with zero attached hydrogens (tertiary/aromatic N) is 1. The molecule has 1 N–H and O–H groups in total. The average Bonchev–Trinajstić information content (AvgIpc) is 2.25. The fourth-order valence-corrected chi connectivity index (χ4v) is 1.85. The van der Waals surface area contributed by atoms with Gasteiger partial charge >= 0.3 is 5.97 Å². The Kier molecular flexibility index (Phi) is 5.04. The van der Waals surface area contributed by atoms with Crippen LogP contribution >= 0.6 is 11.8 Å². The smallest absolute Gasteiger partial charge is 0.316 e. The van der Waals surface area contributed by atoms with Crippen LogP contribution in [0.3, 0.4) is 0 Å². The van der Waals surface area contributed by atoms with Gasteiger partial charge in [-0.3, -0.25) is 9.59 Å². The minimum Gasteiger partial charge on any atom is -0.468 e. The van der Waals surface area contributed by atoms with Crippen molar-refractivity contribution < 1.29 is 9.53 Å². The van der Waals surface area contributed by atoms with Crippen molar-refractivity contribution in [2.75, 3.05) is 12.9 Å². The molecule has 0 saturated carbocycles. The van der Waals surface area contributed by atoms with Crippen LogP contribution in [0.15, 0.2) is 16.0 Å². The van der Waals surface area contributed by atoms with E-state index in [9.17, 15) is 9.59 Å². The van der Waals surface area contributed by atoms with Crippen molar-refractivity contribution in [1.29, 1.82) is 0 Å². The summed E-state index contributed by atoms with van der Waals surface area (Å²) in [6.45, 7) is 2.02. The van der Waals surface area contributed by atoms with Crippen LogP contribution in [0.4, 0.5) is 0 Å². The lowest BCUT2D eigenvalue weighted by Crippen LogP contribution is -2.11. The number of H-pyrrole nitrogens is 1. The second-order valence-corrected chi connectivity index (χ2v) is 4.12. The van der Waals surface area contributed by atoms with Crippen molar-refractivity contribution >= 4 is 17.7 Å². The molecule has 0 radical (unpaired) electrons. The second kappa shape index (κ2) is 6.32. The Bertz CT molecular complexity index is 417. The molecule has 0 aliphatic carbocycles. The summed E-state index contributed by atoms with van der Waals surface area (Å²) in [5, 5.41) is 0.460. The predicted octanol–water partition coefficient (Wildman–Crippen LogP) is 0.988.